The highest BCUT2D eigenvalue weighted by Gasteiger charge is 2.28. The predicted molar refractivity (Wildman–Crippen MR) is 82.1 cm³/mol. The summed E-state index contributed by atoms with van der Waals surface area (Å²) in [5.41, 5.74) is 0.780. The number of halogens is 1. The number of nitrogens with zero attached hydrogens (tertiary/aromatic N) is 2. The lowest BCUT2D eigenvalue weighted by molar-refractivity contribution is -0.127. The average Bonchev–Trinajstić information content (AvgIpc) is 2.91. The van der Waals surface area contributed by atoms with E-state index in [9.17, 15) is 4.79 Å². The molecule has 1 amide bonds. The summed E-state index contributed by atoms with van der Waals surface area (Å²) in [7, 11) is 0. The van der Waals surface area contributed by atoms with E-state index in [1.54, 1.807) is 12.1 Å². The van der Waals surface area contributed by atoms with Gasteiger partial charge in [0.05, 0.1) is 6.54 Å². The first kappa shape index (κ1) is 15.0. The lowest BCUT2D eigenvalue weighted by Gasteiger charge is -2.31. The molecule has 22 heavy (non-hydrogen) atoms. The third-order valence-electron chi connectivity index (χ3n) is 3.90. The van der Waals surface area contributed by atoms with Crippen molar-refractivity contribution < 1.29 is 9.32 Å². The molecule has 1 aliphatic rings. The van der Waals surface area contributed by atoms with E-state index in [1.807, 2.05) is 19.1 Å². The third kappa shape index (κ3) is 3.28. The SMILES string of the molecule is CC(C(=O)NCc1nc(-c2cccc(Cl)c2)no1)C1CNC1. The van der Waals surface area contributed by atoms with Crippen molar-refractivity contribution in [3.63, 3.8) is 0 Å². The van der Waals surface area contributed by atoms with Gasteiger partial charge in [0, 0.05) is 16.5 Å². The second kappa shape index (κ2) is 6.46. The maximum absolute atomic E-state index is 12.0. The van der Waals surface area contributed by atoms with Gasteiger partial charge in [0.2, 0.25) is 17.6 Å². The molecule has 2 heterocycles. The van der Waals surface area contributed by atoms with E-state index in [4.69, 9.17) is 16.1 Å². The number of hydrogen-bond acceptors (Lipinski definition) is 5. The summed E-state index contributed by atoms with van der Waals surface area (Å²) in [5.74, 6) is 1.24. The van der Waals surface area contributed by atoms with Gasteiger partial charge in [-0.25, -0.2) is 0 Å². The topological polar surface area (TPSA) is 80.1 Å². The number of carbonyl (C=O) groups is 1. The summed E-state index contributed by atoms with van der Waals surface area (Å²) >= 11 is 5.94. The molecule has 2 aromatic rings. The van der Waals surface area contributed by atoms with E-state index >= 15 is 0 Å². The Balaban J connectivity index is 1.58. The average molecular weight is 321 g/mol. The number of hydrogen-bond donors (Lipinski definition) is 2. The zero-order chi connectivity index (χ0) is 15.5. The predicted octanol–water partition coefficient (Wildman–Crippen LogP) is 1.86. The molecular weight excluding hydrogens is 304 g/mol. The molecule has 0 aliphatic carbocycles. The fourth-order valence-electron chi connectivity index (χ4n) is 2.27. The molecule has 7 heteroatoms. The zero-order valence-electron chi connectivity index (χ0n) is 12.2. The van der Waals surface area contributed by atoms with Crippen molar-refractivity contribution in [3.05, 3.63) is 35.2 Å². The van der Waals surface area contributed by atoms with Gasteiger partial charge in [0.1, 0.15) is 0 Å². The molecule has 1 aromatic heterocycles. The van der Waals surface area contributed by atoms with E-state index in [0.29, 0.717) is 22.7 Å². The first-order valence-corrected chi connectivity index (χ1v) is 7.58. The van der Waals surface area contributed by atoms with Crippen molar-refractivity contribution in [1.82, 2.24) is 20.8 Å². The van der Waals surface area contributed by atoms with Crippen molar-refractivity contribution in [2.45, 2.75) is 13.5 Å². The van der Waals surface area contributed by atoms with Crippen molar-refractivity contribution in [2.24, 2.45) is 11.8 Å². The minimum atomic E-state index is -0.0171. The van der Waals surface area contributed by atoms with E-state index in [0.717, 1.165) is 18.7 Å². The van der Waals surface area contributed by atoms with Crippen LogP contribution in [0.4, 0.5) is 0 Å². The molecule has 1 saturated heterocycles. The largest absolute Gasteiger partial charge is 0.347 e. The molecular formula is C15H17ClN4O2. The van der Waals surface area contributed by atoms with Gasteiger partial charge in [-0.15, -0.1) is 0 Å². The Morgan fingerprint density at radius 3 is 3.05 bits per heavy atom. The normalized spacial score (nSPS) is 16.1. The van der Waals surface area contributed by atoms with Crippen LogP contribution in [-0.4, -0.2) is 29.1 Å². The highest BCUT2D eigenvalue weighted by atomic mass is 35.5. The van der Waals surface area contributed by atoms with Crippen molar-refractivity contribution in [3.8, 4) is 11.4 Å². The molecule has 1 aliphatic heterocycles. The smallest absolute Gasteiger partial charge is 0.246 e. The van der Waals surface area contributed by atoms with Gasteiger partial charge in [-0.3, -0.25) is 4.79 Å². The van der Waals surface area contributed by atoms with E-state index in [2.05, 4.69) is 20.8 Å². The van der Waals surface area contributed by atoms with Crippen molar-refractivity contribution >= 4 is 17.5 Å². The summed E-state index contributed by atoms with van der Waals surface area (Å²) in [6.07, 6.45) is 0. The molecule has 0 saturated carbocycles. The fourth-order valence-corrected chi connectivity index (χ4v) is 2.46. The highest BCUT2D eigenvalue weighted by molar-refractivity contribution is 6.30. The molecule has 1 unspecified atom stereocenters. The molecule has 0 radical (unpaired) electrons. The Morgan fingerprint density at radius 2 is 2.36 bits per heavy atom. The Kier molecular flexibility index (Phi) is 4.40. The lowest BCUT2D eigenvalue weighted by Crippen LogP contribution is -2.49. The molecule has 1 aromatic carbocycles. The molecule has 116 valence electrons. The van der Waals surface area contributed by atoms with Crippen LogP contribution in [0.25, 0.3) is 11.4 Å². The summed E-state index contributed by atoms with van der Waals surface area (Å²) in [6.45, 7) is 3.96. The second-order valence-electron chi connectivity index (χ2n) is 5.45. The van der Waals surface area contributed by atoms with Crippen LogP contribution in [-0.2, 0) is 11.3 Å². The molecule has 1 fully saturated rings. The van der Waals surface area contributed by atoms with Gasteiger partial charge < -0.3 is 15.2 Å². The van der Waals surface area contributed by atoms with Gasteiger partial charge in [-0.05, 0) is 31.1 Å². The minimum Gasteiger partial charge on any atom is -0.347 e. The second-order valence-corrected chi connectivity index (χ2v) is 5.88. The zero-order valence-corrected chi connectivity index (χ0v) is 12.9. The first-order valence-electron chi connectivity index (χ1n) is 7.20. The first-order chi connectivity index (χ1) is 10.6. The number of nitrogens with one attached hydrogen (secondary N) is 2. The summed E-state index contributed by atoms with van der Waals surface area (Å²) in [6, 6.07) is 7.22. The Labute approximate surface area is 133 Å². The van der Waals surface area contributed by atoms with Crippen LogP contribution >= 0.6 is 11.6 Å². The summed E-state index contributed by atoms with van der Waals surface area (Å²) in [4.78, 5) is 16.3. The van der Waals surface area contributed by atoms with Crippen LogP contribution in [0.3, 0.4) is 0 Å². The van der Waals surface area contributed by atoms with Crippen LogP contribution < -0.4 is 10.6 Å². The Morgan fingerprint density at radius 1 is 1.55 bits per heavy atom. The Bertz CT molecular complexity index is 669. The standard InChI is InChI=1S/C15H17ClN4O2/c1-9(11-6-17-7-11)15(21)18-8-13-19-14(20-22-13)10-3-2-4-12(16)5-10/h2-5,9,11,17H,6-8H2,1H3,(H,18,21). The van der Waals surface area contributed by atoms with E-state index in [1.165, 1.54) is 0 Å². The fraction of sp³-hybridized carbons (Fsp3) is 0.400. The number of amides is 1. The van der Waals surface area contributed by atoms with E-state index in [-0.39, 0.29) is 18.4 Å². The van der Waals surface area contributed by atoms with Gasteiger partial charge in [0.15, 0.2) is 0 Å². The highest BCUT2D eigenvalue weighted by Crippen LogP contribution is 2.20. The van der Waals surface area contributed by atoms with Crippen LogP contribution in [0.15, 0.2) is 28.8 Å². The van der Waals surface area contributed by atoms with Crippen LogP contribution in [0.5, 0.6) is 0 Å². The maximum atomic E-state index is 12.0. The van der Waals surface area contributed by atoms with Crippen molar-refractivity contribution in [2.75, 3.05) is 13.1 Å². The van der Waals surface area contributed by atoms with Gasteiger partial charge in [-0.2, -0.15) is 4.98 Å². The van der Waals surface area contributed by atoms with Gasteiger partial charge in [0.25, 0.3) is 0 Å². The quantitative estimate of drug-likeness (QED) is 0.879. The van der Waals surface area contributed by atoms with Crippen LogP contribution in [0.2, 0.25) is 5.02 Å². The number of aromatic nitrogens is 2. The monoisotopic (exact) mass is 320 g/mol. The maximum Gasteiger partial charge on any atom is 0.246 e. The van der Waals surface area contributed by atoms with Crippen LogP contribution in [0, 0.1) is 11.8 Å². The molecule has 6 nitrogen and oxygen atoms in total. The lowest BCUT2D eigenvalue weighted by atomic mass is 9.88. The summed E-state index contributed by atoms with van der Waals surface area (Å²) < 4.78 is 5.16. The summed E-state index contributed by atoms with van der Waals surface area (Å²) in [5, 5.41) is 10.5. The minimum absolute atomic E-state index is 0.00834. The molecule has 0 spiro atoms. The molecule has 3 rings (SSSR count). The van der Waals surface area contributed by atoms with Gasteiger partial charge in [-0.1, -0.05) is 35.8 Å². The molecule has 0 bridgehead atoms. The van der Waals surface area contributed by atoms with E-state index < -0.39 is 0 Å². The van der Waals surface area contributed by atoms with Crippen molar-refractivity contribution in [1.29, 1.82) is 0 Å². The van der Waals surface area contributed by atoms with Gasteiger partial charge >= 0.3 is 0 Å². The van der Waals surface area contributed by atoms with Crippen LogP contribution in [0.1, 0.15) is 12.8 Å². The number of carbonyl (C=O) groups excluding carboxylic acids is 1. The number of benzene rings is 1. The Hall–Kier alpha value is -1.92. The molecule has 2 N–H and O–H groups in total. The number of rotatable bonds is 5. The third-order valence-corrected chi connectivity index (χ3v) is 4.13. The molecule has 1 atom stereocenters.